The van der Waals surface area contributed by atoms with Gasteiger partial charge in [0.05, 0.1) is 4.88 Å². The van der Waals surface area contributed by atoms with Gasteiger partial charge in [-0.1, -0.05) is 55.5 Å². The number of urea groups is 1. The van der Waals surface area contributed by atoms with Crippen molar-refractivity contribution in [2.45, 2.75) is 19.4 Å². The number of rotatable bonds is 7. The summed E-state index contributed by atoms with van der Waals surface area (Å²) in [5.41, 5.74) is 3.06. The Balaban J connectivity index is 1.60. The molecule has 0 aliphatic carbocycles. The van der Waals surface area contributed by atoms with E-state index in [1.54, 1.807) is 23.5 Å². The molecule has 2 aromatic carbocycles. The molecule has 0 saturated heterocycles. The summed E-state index contributed by atoms with van der Waals surface area (Å²) in [6, 6.07) is 21.1. The van der Waals surface area contributed by atoms with Gasteiger partial charge in [0.1, 0.15) is 6.04 Å². The van der Waals surface area contributed by atoms with E-state index in [2.05, 4.69) is 47.9 Å². The lowest BCUT2D eigenvalue weighted by Crippen LogP contribution is -2.87. The molecule has 1 aromatic heterocycles. The molecule has 28 heavy (non-hydrogen) atoms. The molecule has 0 aliphatic heterocycles. The lowest BCUT2D eigenvalue weighted by molar-refractivity contribution is -0.676. The lowest BCUT2D eigenvalue weighted by Gasteiger charge is -2.15. The number of benzene rings is 2. The van der Waals surface area contributed by atoms with E-state index in [0.29, 0.717) is 5.69 Å². The maximum atomic E-state index is 12.2. The van der Waals surface area contributed by atoms with E-state index in [0.717, 1.165) is 12.0 Å². The van der Waals surface area contributed by atoms with E-state index in [1.165, 1.54) is 10.4 Å². The molecule has 6 heteroatoms. The summed E-state index contributed by atoms with van der Waals surface area (Å²) in [6.45, 7) is 2.28. The molecule has 0 unspecified atom stereocenters. The van der Waals surface area contributed by atoms with Gasteiger partial charge in [-0.2, -0.15) is 0 Å². The Morgan fingerprint density at radius 1 is 1.00 bits per heavy atom. The Bertz CT molecular complexity index is 893. The normalized spacial score (nSPS) is 11.6. The highest BCUT2D eigenvalue weighted by Gasteiger charge is 2.20. The first-order valence-electron chi connectivity index (χ1n) is 9.27. The van der Waals surface area contributed by atoms with Gasteiger partial charge in [0.25, 0.3) is 5.91 Å². The third-order valence-corrected chi connectivity index (χ3v) is 5.38. The van der Waals surface area contributed by atoms with Gasteiger partial charge < -0.3 is 10.6 Å². The van der Waals surface area contributed by atoms with E-state index in [4.69, 9.17) is 0 Å². The molecule has 0 aliphatic rings. The number of thiophene rings is 1. The molecule has 0 bridgehead atoms. The van der Waals surface area contributed by atoms with Crippen LogP contribution in [0.2, 0.25) is 0 Å². The quantitative estimate of drug-likeness (QED) is 0.575. The van der Waals surface area contributed by atoms with Crippen LogP contribution in [0, 0.1) is 0 Å². The van der Waals surface area contributed by atoms with Crippen molar-refractivity contribution in [2.75, 3.05) is 11.9 Å². The average Bonchev–Trinajstić information content (AvgIpc) is 3.24. The SMILES string of the molecule is CCc1ccc([C@H]([NH2+]CC(=O)NC(=O)Nc2ccccc2)c2cccs2)cc1. The molecule has 0 fully saturated rings. The number of carbonyl (C=O) groups is 2. The molecule has 144 valence electrons. The third-order valence-electron chi connectivity index (χ3n) is 4.42. The van der Waals surface area contributed by atoms with Crippen molar-refractivity contribution in [2.24, 2.45) is 0 Å². The van der Waals surface area contributed by atoms with E-state index < -0.39 is 6.03 Å². The summed E-state index contributed by atoms with van der Waals surface area (Å²) >= 11 is 1.66. The van der Waals surface area contributed by atoms with Crippen molar-refractivity contribution >= 4 is 29.0 Å². The minimum Gasteiger partial charge on any atom is -0.328 e. The minimum atomic E-state index is -0.524. The van der Waals surface area contributed by atoms with Crippen molar-refractivity contribution in [3.05, 3.63) is 88.1 Å². The molecule has 5 nitrogen and oxygen atoms in total. The molecule has 3 rings (SSSR count). The van der Waals surface area contributed by atoms with Gasteiger partial charge in [-0.3, -0.25) is 10.1 Å². The smallest absolute Gasteiger partial charge is 0.326 e. The van der Waals surface area contributed by atoms with E-state index >= 15 is 0 Å². The van der Waals surface area contributed by atoms with Crippen molar-refractivity contribution in [1.29, 1.82) is 0 Å². The minimum absolute atomic E-state index is 0.0221. The number of nitrogens with two attached hydrogens (primary N) is 1. The van der Waals surface area contributed by atoms with Crippen LogP contribution >= 0.6 is 11.3 Å². The number of hydrogen-bond acceptors (Lipinski definition) is 3. The van der Waals surface area contributed by atoms with Crippen molar-refractivity contribution in [3.8, 4) is 0 Å². The third kappa shape index (κ3) is 5.52. The second-order valence-corrected chi connectivity index (χ2v) is 7.38. The monoisotopic (exact) mass is 394 g/mol. The summed E-state index contributed by atoms with van der Waals surface area (Å²) in [5, 5.41) is 9.02. The van der Waals surface area contributed by atoms with E-state index in [-0.39, 0.29) is 18.5 Å². The second-order valence-electron chi connectivity index (χ2n) is 6.40. The number of imide groups is 1. The number of anilines is 1. The fraction of sp³-hybridized carbons (Fsp3) is 0.182. The van der Waals surface area contributed by atoms with Crippen LogP contribution in [-0.2, 0) is 11.2 Å². The number of aryl methyl sites for hydroxylation is 1. The summed E-state index contributed by atoms with van der Waals surface area (Å²) < 4.78 is 0. The Morgan fingerprint density at radius 2 is 1.75 bits per heavy atom. The zero-order valence-corrected chi connectivity index (χ0v) is 16.5. The van der Waals surface area contributed by atoms with Crippen LogP contribution in [0.5, 0.6) is 0 Å². The molecule has 0 radical (unpaired) electrons. The predicted octanol–water partition coefficient (Wildman–Crippen LogP) is 3.31. The molecule has 3 amide bonds. The first-order chi connectivity index (χ1) is 13.7. The fourth-order valence-electron chi connectivity index (χ4n) is 2.93. The number of carbonyl (C=O) groups excluding carboxylic acids is 2. The van der Waals surface area contributed by atoms with Crippen LogP contribution in [0.1, 0.15) is 29.0 Å². The highest BCUT2D eigenvalue weighted by molar-refractivity contribution is 7.10. The van der Waals surface area contributed by atoms with Crippen molar-refractivity contribution in [3.63, 3.8) is 0 Å². The van der Waals surface area contributed by atoms with Crippen LogP contribution in [0.3, 0.4) is 0 Å². The highest BCUT2D eigenvalue weighted by Crippen LogP contribution is 2.23. The summed E-state index contributed by atoms with van der Waals surface area (Å²) in [6.07, 6.45) is 0.993. The molecule has 4 N–H and O–H groups in total. The van der Waals surface area contributed by atoms with Gasteiger partial charge in [0, 0.05) is 11.3 Å². The largest absolute Gasteiger partial charge is 0.328 e. The summed E-state index contributed by atoms with van der Waals surface area (Å²) in [4.78, 5) is 25.4. The zero-order chi connectivity index (χ0) is 19.8. The number of amides is 3. The maximum Gasteiger partial charge on any atom is 0.326 e. The molecular formula is C22H24N3O2S+. The molecule has 1 heterocycles. The summed E-state index contributed by atoms with van der Waals surface area (Å²) in [5.74, 6) is -0.333. The Kier molecular flexibility index (Phi) is 6.94. The van der Waals surface area contributed by atoms with Gasteiger partial charge in [0.15, 0.2) is 6.54 Å². The topological polar surface area (TPSA) is 74.8 Å². The molecule has 0 spiro atoms. The van der Waals surface area contributed by atoms with Crippen LogP contribution in [-0.4, -0.2) is 18.5 Å². The lowest BCUT2D eigenvalue weighted by atomic mass is 10.0. The first kappa shape index (κ1) is 19.8. The van der Waals surface area contributed by atoms with Gasteiger partial charge in [-0.25, -0.2) is 4.79 Å². The average molecular weight is 395 g/mol. The molecule has 3 aromatic rings. The van der Waals surface area contributed by atoms with Gasteiger partial charge in [0.2, 0.25) is 0 Å². The van der Waals surface area contributed by atoms with Crippen LogP contribution in [0.4, 0.5) is 10.5 Å². The van der Waals surface area contributed by atoms with Gasteiger partial charge in [-0.15, -0.1) is 11.3 Å². The van der Waals surface area contributed by atoms with Crippen LogP contribution in [0.25, 0.3) is 0 Å². The molecule has 0 saturated carbocycles. The molecule has 1 atom stereocenters. The predicted molar refractivity (Wildman–Crippen MR) is 112 cm³/mol. The van der Waals surface area contributed by atoms with Crippen LogP contribution in [0.15, 0.2) is 72.1 Å². The number of hydrogen-bond donors (Lipinski definition) is 3. The van der Waals surface area contributed by atoms with Gasteiger partial charge >= 0.3 is 6.03 Å². The number of para-hydroxylation sites is 1. The highest BCUT2D eigenvalue weighted by atomic mass is 32.1. The first-order valence-corrected chi connectivity index (χ1v) is 10.1. The van der Waals surface area contributed by atoms with Crippen molar-refractivity contribution in [1.82, 2.24) is 5.32 Å². The van der Waals surface area contributed by atoms with E-state index in [9.17, 15) is 9.59 Å². The zero-order valence-electron chi connectivity index (χ0n) is 15.7. The van der Waals surface area contributed by atoms with Crippen molar-refractivity contribution < 1.29 is 14.9 Å². The maximum absolute atomic E-state index is 12.2. The number of nitrogens with one attached hydrogen (secondary N) is 2. The van der Waals surface area contributed by atoms with E-state index in [1.807, 2.05) is 35.0 Å². The Hall–Kier alpha value is -2.96. The standard InChI is InChI=1S/C22H23N3O2S/c1-2-16-10-12-17(13-11-16)21(19-9-6-14-28-19)23-15-20(26)25-22(27)24-18-7-4-3-5-8-18/h3-14,21,23H,2,15H2,1H3,(H2,24,25,26,27)/p+1/t21-/m0/s1. The summed E-state index contributed by atoms with van der Waals surface area (Å²) in [7, 11) is 0. The number of quaternary nitrogens is 1. The second kappa shape index (κ2) is 9.82. The van der Waals surface area contributed by atoms with Crippen LogP contribution < -0.4 is 16.0 Å². The molecular weight excluding hydrogens is 370 g/mol. The Morgan fingerprint density at radius 3 is 2.39 bits per heavy atom. The fourth-order valence-corrected chi connectivity index (χ4v) is 3.78. The van der Waals surface area contributed by atoms with Gasteiger partial charge in [-0.05, 0) is 35.6 Å². The Labute approximate surface area is 168 Å².